The molecule has 0 spiro atoms. The van der Waals surface area contributed by atoms with Crippen molar-refractivity contribution < 1.29 is 4.74 Å². The molecule has 1 unspecified atom stereocenters. The summed E-state index contributed by atoms with van der Waals surface area (Å²) in [5.74, 6) is 1.28. The lowest BCUT2D eigenvalue weighted by Crippen LogP contribution is -2.04. The summed E-state index contributed by atoms with van der Waals surface area (Å²) < 4.78 is 5.36. The zero-order valence-corrected chi connectivity index (χ0v) is 11.5. The number of benzene rings is 1. The predicted molar refractivity (Wildman–Crippen MR) is 76.2 cm³/mol. The molecule has 0 fully saturated rings. The van der Waals surface area contributed by atoms with Crippen LogP contribution in [0, 0.1) is 0 Å². The Bertz CT molecular complexity index is 510. The van der Waals surface area contributed by atoms with Crippen LogP contribution in [0.2, 0.25) is 0 Å². The minimum absolute atomic E-state index is 0.412. The van der Waals surface area contributed by atoms with E-state index in [0.717, 1.165) is 28.4 Å². The minimum atomic E-state index is 0.412. The summed E-state index contributed by atoms with van der Waals surface area (Å²) in [6.07, 6.45) is 0.967. The Morgan fingerprint density at radius 3 is 2.89 bits per heavy atom. The number of ether oxygens (including phenoxy) is 1. The molecule has 3 nitrogen and oxygen atoms in total. The van der Waals surface area contributed by atoms with Crippen LogP contribution in [-0.4, -0.2) is 18.6 Å². The molecule has 0 aliphatic carbocycles. The van der Waals surface area contributed by atoms with E-state index in [1.165, 1.54) is 0 Å². The molecular formula is C14H18N2OS. The molecule has 0 saturated heterocycles. The minimum Gasteiger partial charge on any atom is -0.496 e. The Hall–Kier alpha value is -1.39. The molecule has 0 aliphatic rings. The quantitative estimate of drug-likeness (QED) is 0.899. The first kappa shape index (κ1) is 13.1. The topological polar surface area (TPSA) is 48.1 Å². The Morgan fingerprint density at radius 1 is 1.39 bits per heavy atom. The van der Waals surface area contributed by atoms with Crippen molar-refractivity contribution in [3.05, 3.63) is 35.3 Å². The van der Waals surface area contributed by atoms with Crippen molar-refractivity contribution in [3.63, 3.8) is 0 Å². The smallest absolute Gasteiger partial charge is 0.129 e. The Labute approximate surface area is 112 Å². The molecule has 2 aromatic rings. The predicted octanol–water partition coefficient (Wildman–Crippen LogP) is 3.27. The maximum absolute atomic E-state index is 5.59. The van der Waals surface area contributed by atoms with Gasteiger partial charge in [-0.3, -0.25) is 0 Å². The van der Waals surface area contributed by atoms with E-state index >= 15 is 0 Å². The van der Waals surface area contributed by atoms with Crippen LogP contribution in [0.15, 0.2) is 29.6 Å². The fraction of sp³-hybridized carbons (Fsp3) is 0.357. The second kappa shape index (κ2) is 5.98. The number of thiazole rings is 1. The van der Waals surface area contributed by atoms with Gasteiger partial charge in [0, 0.05) is 11.3 Å². The molecule has 1 aromatic heterocycles. The van der Waals surface area contributed by atoms with Gasteiger partial charge in [0.1, 0.15) is 10.8 Å². The van der Waals surface area contributed by atoms with Gasteiger partial charge in [-0.25, -0.2) is 4.98 Å². The summed E-state index contributed by atoms with van der Waals surface area (Å²) >= 11 is 1.65. The number of methoxy groups -OCH3 is 1. The molecule has 1 atom stereocenters. The van der Waals surface area contributed by atoms with E-state index in [9.17, 15) is 0 Å². The van der Waals surface area contributed by atoms with Gasteiger partial charge < -0.3 is 10.5 Å². The summed E-state index contributed by atoms with van der Waals surface area (Å²) in [6.45, 7) is 2.86. The fourth-order valence-corrected chi connectivity index (χ4v) is 2.83. The van der Waals surface area contributed by atoms with E-state index in [1.807, 2.05) is 24.3 Å². The number of hydrogen-bond donors (Lipinski definition) is 1. The monoisotopic (exact) mass is 262 g/mol. The maximum atomic E-state index is 5.59. The Kier molecular flexibility index (Phi) is 4.33. The van der Waals surface area contributed by atoms with Crippen LogP contribution in [0.3, 0.4) is 0 Å². The standard InChI is InChI=1S/C14H18N2OS/c1-10(7-8-15)12-9-18-14(16-12)11-5-3-4-6-13(11)17-2/h3-6,9-10H,7-8,15H2,1-2H3. The van der Waals surface area contributed by atoms with Crippen molar-refractivity contribution >= 4 is 11.3 Å². The number of nitrogens with zero attached hydrogens (tertiary/aromatic N) is 1. The average molecular weight is 262 g/mol. The van der Waals surface area contributed by atoms with Crippen LogP contribution >= 0.6 is 11.3 Å². The normalized spacial score (nSPS) is 12.4. The van der Waals surface area contributed by atoms with Gasteiger partial charge in [-0.15, -0.1) is 11.3 Å². The highest BCUT2D eigenvalue weighted by atomic mass is 32.1. The van der Waals surface area contributed by atoms with Crippen molar-refractivity contribution in [1.29, 1.82) is 0 Å². The summed E-state index contributed by atoms with van der Waals surface area (Å²) in [7, 11) is 1.68. The van der Waals surface area contributed by atoms with Crippen LogP contribution in [0.5, 0.6) is 5.75 Å². The van der Waals surface area contributed by atoms with Crippen molar-refractivity contribution in [2.75, 3.05) is 13.7 Å². The van der Waals surface area contributed by atoms with Gasteiger partial charge >= 0.3 is 0 Å². The molecule has 2 N–H and O–H groups in total. The molecule has 4 heteroatoms. The third kappa shape index (κ3) is 2.71. The second-order valence-electron chi connectivity index (χ2n) is 4.26. The zero-order valence-electron chi connectivity index (χ0n) is 10.7. The summed E-state index contributed by atoms with van der Waals surface area (Å²) in [4.78, 5) is 4.69. The fourth-order valence-electron chi connectivity index (χ4n) is 1.86. The van der Waals surface area contributed by atoms with Gasteiger partial charge in [0.15, 0.2) is 0 Å². The highest BCUT2D eigenvalue weighted by Gasteiger charge is 2.13. The van der Waals surface area contributed by atoms with E-state index in [0.29, 0.717) is 12.5 Å². The van der Waals surface area contributed by atoms with Gasteiger partial charge in [0.2, 0.25) is 0 Å². The molecule has 0 aliphatic heterocycles. The van der Waals surface area contributed by atoms with E-state index in [2.05, 4.69) is 12.3 Å². The first-order chi connectivity index (χ1) is 8.76. The molecule has 0 amide bonds. The highest BCUT2D eigenvalue weighted by molar-refractivity contribution is 7.13. The average Bonchev–Trinajstić information content (AvgIpc) is 2.88. The number of para-hydroxylation sites is 1. The number of rotatable bonds is 5. The molecule has 1 heterocycles. The molecule has 1 aromatic carbocycles. The molecule has 2 rings (SSSR count). The highest BCUT2D eigenvalue weighted by Crippen LogP contribution is 2.33. The third-order valence-corrected chi connectivity index (χ3v) is 3.86. The van der Waals surface area contributed by atoms with Crippen LogP contribution in [0.4, 0.5) is 0 Å². The van der Waals surface area contributed by atoms with Gasteiger partial charge in [0.05, 0.1) is 18.4 Å². The van der Waals surface area contributed by atoms with E-state index in [4.69, 9.17) is 15.5 Å². The van der Waals surface area contributed by atoms with Gasteiger partial charge in [-0.1, -0.05) is 19.1 Å². The van der Waals surface area contributed by atoms with Gasteiger partial charge in [0.25, 0.3) is 0 Å². The SMILES string of the molecule is COc1ccccc1-c1nc(C(C)CCN)cs1. The van der Waals surface area contributed by atoms with E-state index in [-0.39, 0.29) is 0 Å². The lowest BCUT2D eigenvalue weighted by Gasteiger charge is -2.06. The Morgan fingerprint density at radius 2 is 2.17 bits per heavy atom. The van der Waals surface area contributed by atoms with Gasteiger partial charge in [-0.2, -0.15) is 0 Å². The van der Waals surface area contributed by atoms with Crippen molar-refractivity contribution in [2.24, 2.45) is 5.73 Å². The maximum Gasteiger partial charge on any atom is 0.129 e. The lowest BCUT2D eigenvalue weighted by atomic mass is 10.1. The molecular weight excluding hydrogens is 244 g/mol. The summed E-state index contributed by atoms with van der Waals surface area (Å²) in [5.41, 5.74) is 7.75. The van der Waals surface area contributed by atoms with Gasteiger partial charge in [-0.05, 0) is 25.1 Å². The zero-order chi connectivity index (χ0) is 13.0. The van der Waals surface area contributed by atoms with Crippen LogP contribution in [-0.2, 0) is 0 Å². The van der Waals surface area contributed by atoms with Crippen LogP contribution < -0.4 is 10.5 Å². The summed E-state index contributed by atoms with van der Waals surface area (Å²) in [5, 5.41) is 3.12. The molecule has 0 radical (unpaired) electrons. The number of hydrogen-bond acceptors (Lipinski definition) is 4. The summed E-state index contributed by atoms with van der Waals surface area (Å²) in [6, 6.07) is 7.96. The number of nitrogens with two attached hydrogens (primary N) is 1. The van der Waals surface area contributed by atoms with E-state index in [1.54, 1.807) is 18.4 Å². The molecule has 0 saturated carbocycles. The third-order valence-electron chi connectivity index (χ3n) is 2.96. The largest absolute Gasteiger partial charge is 0.496 e. The van der Waals surface area contributed by atoms with Crippen molar-refractivity contribution in [3.8, 4) is 16.3 Å². The Balaban J connectivity index is 2.29. The van der Waals surface area contributed by atoms with Crippen molar-refractivity contribution in [1.82, 2.24) is 4.98 Å². The number of aromatic nitrogens is 1. The molecule has 18 heavy (non-hydrogen) atoms. The van der Waals surface area contributed by atoms with Crippen LogP contribution in [0.25, 0.3) is 10.6 Å². The molecule has 96 valence electrons. The van der Waals surface area contributed by atoms with Crippen LogP contribution in [0.1, 0.15) is 25.0 Å². The van der Waals surface area contributed by atoms with Crippen molar-refractivity contribution in [2.45, 2.75) is 19.3 Å². The molecule has 0 bridgehead atoms. The second-order valence-corrected chi connectivity index (χ2v) is 5.11. The first-order valence-corrected chi connectivity index (χ1v) is 6.93. The van der Waals surface area contributed by atoms with E-state index < -0.39 is 0 Å². The first-order valence-electron chi connectivity index (χ1n) is 6.05. The lowest BCUT2D eigenvalue weighted by molar-refractivity contribution is 0.416.